The van der Waals surface area contributed by atoms with Crippen LogP contribution in [-0.4, -0.2) is 44.2 Å². The summed E-state index contributed by atoms with van der Waals surface area (Å²) in [5, 5.41) is 0. The van der Waals surface area contributed by atoms with Gasteiger partial charge in [-0.05, 0) is 35.2 Å². The van der Waals surface area contributed by atoms with E-state index in [1.807, 2.05) is 30.3 Å². The lowest BCUT2D eigenvalue weighted by Gasteiger charge is -2.29. The van der Waals surface area contributed by atoms with Gasteiger partial charge in [-0.15, -0.1) is 0 Å². The highest BCUT2D eigenvalue weighted by Crippen LogP contribution is 2.26. The largest absolute Gasteiger partial charge is 0.471 e. The Morgan fingerprint density at radius 2 is 1.83 bits per heavy atom. The van der Waals surface area contributed by atoms with Crippen molar-refractivity contribution < 1.29 is 26.4 Å². The summed E-state index contributed by atoms with van der Waals surface area (Å²) in [5.74, 6) is -0.563. The van der Waals surface area contributed by atoms with Gasteiger partial charge in [0.15, 0.2) is 0 Å². The third kappa shape index (κ3) is 5.77. The Bertz CT molecular complexity index is 996. The standard InChI is InChI=1S/C20H21F3N2O3S2/c21-20(22,23)19(26)25-10-8-16-6-7-18(12-17(16)13-25)30(27,28)24-9-11-29-14-15-4-2-1-3-5-15/h1-7,12,24H,8-11,13-14H2. The number of hydrogen-bond donors (Lipinski definition) is 1. The second-order valence-corrected chi connectivity index (χ2v) is 9.71. The van der Waals surface area contributed by atoms with Crippen molar-refractivity contribution >= 4 is 27.7 Å². The van der Waals surface area contributed by atoms with Crippen molar-refractivity contribution in [1.82, 2.24) is 9.62 Å². The molecule has 1 amide bonds. The van der Waals surface area contributed by atoms with Crippen molar-refractivity contribution in [2.75, 3.05) is 18.8 Å². The summed E-state index contributed by atoms with van der Waals surface area (Å²) >= 11 is 1.59. The summed E-state index contributed by atoms with van der Waals surface area (Å²) in [7, 11) is -3.79. The van der Waals surface area contributed by atoms with E-state index < -0.39 is 22.1 Å². The molecule has 2 aromatic carbocycles. The Balaban J connectivity index is 1.58. The molecule has 0 aromatic heterocycles. The van der Waals surface area contributed by atoms with Crippen LogP contribution >= 0.6 is 11.8 Å². The van der Waals surface area contributed by atoms with Gasteiger partial charge in [-0.1, -0.05) is 36.4 Å². The molecule has 5 nitrogen and oxygen atoms in total. The SMILES string of the molecule is O=C(N1CCc2ccc(S(=O)(=O)NCCSCc3ccccc3)cc2C1)C(F)(F)F. The number of halogens is 3. The molecule has 30 heavy (non-hydrogen) atoms. The molecule has 1 heterocycles. The number of thioether (sulfide) groups is 1. The first-order valence-corrected chi connectivity index (χ1v) is 11.9. The summed E-state index contributed by atoms with van der Waals surface area (Å²) in [6.07, 6.45) is -4.69. The highest BCUT2D eigenvalue weighted by atomic mass is 32.2. The number of benzene rings is 2. The lowest BCUT2D eigenvalue weighted by Crippen LogP contribution is -2.43. The number of hydrogen-bond acceptors (Lipinski definition) is 4. The maximum atomic E-state index is 12.7. The molecular formula is C20H21F3N2O3S2. The first kappa shape index (κ1) is 22.6. The predicted octanol–water partition coefficient (Wildman–Crippen LogP) is 3.35. The molecule has 2 aromatic rings. The summed E-state index contributed by atoms with van der Waals surface area (Å²) in [4.78, 5) is 12.2. The number of carbonyl (C=O) groups is 1. The van der Waals surface area contributed by atoms with Crippen LogP contribution in [0.4, 0.5) is 13.2 Å². The molecule has 0 saturated heterocycles. The second kappa shape index (κ2) is 9.40. The number of alkyl halides is 3. The number of amides is 1. The molecule has 1 N–H and O–H groups in total. The molecule has 0 aliphatic carbocycles. The molecule has 0 bridgehead atoms. The minimum atomic E-state index is -4.94. The Morgan fingerprint density at radius 1 is 1.10 bits per heavy atom. The van der Waals surface area contributed by atoms with E-state index in [4.69, 9.17) is 0 Å². The Kier molecular flexibility index (Phi) is 7.10. The molecule has 1 aliphatic heterocycles. The zero-order chi connectivity index (χ0) is 21.8. The quantitative estimate of drug-likeness (QED) is 0.647. The van der Waals surface area contributed by atoms with E-state index in [0.29, 0.717) is 16.2 Å². The topological polar surface area (TPSA) is 66.5 Å². The monoisotopic (exact) mass is 458 g/mol. The maximum absolute atomic E-state index is 12.7. The van der Waals surface area contributed by atoms with Gasteiger partial charge in [-0.3, -0.25) is 4.79 Å². The van der Waals surface area contributed by atoms with Gasteiger partial charge < -0.3 is 4.90 Å². The van der Waals surface area contributed by atoms with Crippen molar-refractivity contribution in [3.05, 3.63) is 65.2 Å². The zero-order valence-electron chi connectivity index (χ0n) is 16.0. The van der Waals surface area contributed by atoms with Crippen LogP contribution in [0.15, 0.2) is 53.4 Å². The molecule has 1 aliphatic rings. The van der Waals surface area contributed by atoms with Crippen LogP contribution in [-0.2, 0) is 33.5 Å². The molecule has 0 spiro atoms. The predicted molar refractivity (Wildman–Crippen MR) is 109 cm³/mol. The van der Waals surface area contributed by atoms with E-state index >= 15 is 0 Å². The van der Waals surface area contributed by atoms with E-state index in [1.54, 1.807) is 17.8 Å². The summed E-state index contributed by atoms with van der Waals surface area (Å²) in [5.41, 5.74) is 2.32. The van der Waals surface area contributed by atoms with E-state index in [-0.39, 0.29) is 31.0 Å². The Morgan fingerprint density at radius 3 is 2.53 bits per heavy atom. The lowest BCUT2D eigenvalue weighted by molar-refractivity contribution is -0.186. The smallest absolute Gasteiger partial charge is 0.330 e. The highest BCUT2D eigenvalue weighted by Gasteiger charge is 2.43. The lowest BCUT2D eigenvalue weighted by atomic mass is 10.00. The molecule has 0 fully saturated rings. The van der Waals surface area contributed by atoms with Crippen LogP contribution in [0.3, 0.4) is 0 Å². The van der Waals surface area contributed by atoms with Crippen LogP contribution in [0.25, 0.3) is 0 Å². The van der Waals surface area contributed by atoms with E-state index in [2.05, 4.69) is 4.72 Å². The van der Waals surface area contributed by atoms with E-state index in [1.165, 1.54) is 12.1 Å². The van der Waals surface area contributed by atoms with Crippen LogP contribution in [0.2, 0.25) is 0 Å². The minimum Gasteiger partial charge on any atom is -0.330 e. The zero-order valence-corrected chi connectivity index (χ0v) is 17.6. The van der Waals surface area contributed by atoms with Gasteiger partial charge in [0, 0.05) is 31.1 Å². The highest BCUT2D eigenvalue weighted by molar-refractivity contribution is 7.98. The third-order valence-corrected chi connectivity index (χ3v) is 7.17. The number of nitrogens with zero attached hydrogens (tertiary/aromatic N) is 1. The van der Waals surface area contributed by atoms with E-state index in [0.717, 1.165) is 16.9 Å². The number of rotatable bonds is 7. The van der Waals surface area contributed by atoms with Crippen LogP contribution in [0.1, 0.15) is 16.7 Å². The van der Waals surface area contributed by atoms with Gasteiger partial charge in [0.1, 0.15) is 0 Å². The molecule has 162 valence electrons. The van der Waals surface area contributed by atoms with Gasteiger partial charge >= 0.3 is 12.1 Å². The second-order valence-electron chi connectivity index (χ2n) is 6.84. The number of fused-ring (bicyclic) bond motifs is 1. The number of carbonyl (C=O) groups excluding carboxylic acids is 1. The molecular weight excluding hydrogens is 437 g/mol. The third-order valence-electron chi connectivity index (χ3n) is 4.68. The fourth-order valence-electron chi connectivity index (χ4n) is 3.15. The van der Waals surface area contributed by atoms with Crippen molar-refractivity contribution in [1.29, 1.82) is 0 Å². The van der Waals surface area contributed by atoms with Crippen molar-refractivity contribution in [3.8, 4) is 0 Å². The van der Waals surface area contributed by atoms with Crippen molar-refractivity contribution in [2.24, 2.45) is 0 Å². The summed E-state index contributed by atoms with van der Waals surface area (Å²) < 4.78 is 65.7. The van der Waals surface area contributed by atoms with Gasteiger partial charge in [0.2, 0.25) is 10.0 Å². The molecule has 0 radical (unpaired) electrons. The van der Waals surface area contributed by atoms with Crippen LogP contribution in [0.5, 0.6) is 0 Å². The van der Waals surface area contributed by atoms with Crippen LogP contribution < -0.4 is 4.72 Å². The van der Waals surface area contributed by atoms with Gasteiger partial charge in [0.05, 0.1) is 4.90 Å². The average molecular weight is 459 g/mol. The maximum Gasteiger partial charge on any atom is 0.471 e. The van der Waals surface area contributed by atoms with Crippen molar-refractivity contribution in [2.45, 2.75) is 29.8 Å². The summed E-state index contributed by atoms with van der Waals surface area (Å²) in [6.45, 7) is -0.0755. The molecule has 0 unspecified atom stereocenters. The first-order valence-electron chi connectivity index (χ1n) is 9.26. The first-order chi connectivity index (χ1) is 14.2. The van der Waals surface area contributed by atoms with Gasteiger partial charge in [-0.2, -0.15) is 24.9 Å². The Hall–Kier alpha value is -2.04. The number of sulfonamides is 1. The van der Waals surface area contributed by atoms with Crippen LogP contribution in [0, 0.1) is 0 Å². The van der Waals surface area contributed by atoms with Gasteiger partial charge in [-0.25, -0.2) is 13.1 Å². The normalized spacial score (nSPS) is 14.4. The fraction of sp³-hybridized carbons (Fsp3) is 0.350. The Labute approximate surface area is 177 Å². The average Bonchev–Trinajstić information content (AvgIpc) is 2.72. The van der Waals surface area contributed by atoms with Crippen molar-refractivity contribution in [3.63, 3.8) is 0 Å². The van der Waals surface area contributed by atoms with E-state index in [9.17, 15) is 26.4 Å². The van der Waals surface area contributed by atoms with Gasteiger partial charge in [0.25, 0.3) is 0 Å². The molecule has 0 saturated carbocycles. The summed E-state index contributed by atoms with van der Waals surface area (Å²) in [6, 6.07) is 14.2. The molecule has 0 atom stereocenters. The molecule has 10 heteroatoms. The molecule has 3 rings (SSSR count). The number of nitrogens with one attached hydrogen (secondary N) is 1. The minimum absolute atomic E-state index is 0.0179. The fourth-order valence-corrected chi connectivity index (χ4v) is 5.18.